The van der Waals surface area contributed by atoms with Crippen molar-refractivity contribution in [1.82, 2.24) is 0 Å². The lowest BCUT2D eigenvalue weighted by Gasteiger charge is -2.18. The van der Waals surface area contributed by atoms with Gasteiger partial charge in [-0.3, -0.25) is 0 Å². The Morgan fingerprint density at radius 2 is 1.15 bits per heavy atom. The van der Waals surface area contributed by atoms with Gasteiger partial charge in [-0.1, -0.05) is 90.5 Å². The molecule has 0 aliphatic heterocycles. The first-order valence-corrected chi connectivity index (χ1v) is 8.78. The minimum Gasteiger partial charge on any atom is -0.0654 e. The molecule has 0 amide bonds. The first kappa shape index (κ1) is 17.3. The van der Waals surface area contributed by atoms with Crippen molar-refractivity contribution in [1.29, 1.82) is 0 Å². The van der Waals surface area contributed by atoms with E-state index in [9.17, 15) is 0 Å². The Balaban J connectivity index is 2.64. The molecule has 20 heavy (non-hydrogen) atoms. The summed E-state index contributed by atoms with van der Waals surface area (Å²) in [7, 11) is 0. The molecular weight excluding hydrogens is 240 g/mol. The average Bonchev–Trinajstić information content (AvgIpc) is 2.46. The average molecular weight is 274 g/mol. The number of rotatable bonds is 10. The summed E-state index contributed by atoms with van der Waals surface area (Å²) < 4.78 is 0. The van der Waals surface area contributed by atoms with Gasteiger partial charge in [0.2, 0.25) is 0 Å². The highest BCUT2D eigenvalue weighted by molar-refractivity contribution is 5.27. The molecule has 0 aromatic heterocycles. The molecular formula is C20H34. The summed E-state index contributed by atoms with van der Waals surface area (Å²) in [5.74, 6) is 1.43. The van der Waals surface area contributed by atoms with Gasteiger partial charge in [0, 0.05) is 0 Å². The van der Waals surface area contributed by atoms with E-state index in [-0.39, 0.29) is 0 Å². The van der Waals surface area contributed by atoms with E-state index in [1.54, 1.807) is 5.56 Å². The molecule has 0 saturated carbocycles. The van der Waals surface area contributed by atoms with Gasteiger partial charge < -0.3 is 0 Å². The molecule has 0 bridgehead atoms. The number of unbranched alkanes of at least 4 members (excludes halogenated alkanes) is 4. The van der Waals surface area contributed by atoms with Crippen molar-refractivity contribution in [3.05, 3.63) is 35.4 Å². The Bertz CT molecular complexity index is 324. The van der Waals surface area contributed by atoms with E-state index < -0.39 is 0 Å². The van der Waals surface area contributed by atoms with Crippen molar-refractivity contribution in [2.45, 2.75) is 90.9 Å². The molecule has 0 unspecified atom stereocenters. The van der Waals surface area contributed by atoms with E-state index in [1.165, 1.54) is 56.9 Å². The van der Waals surface area contributed by atoms with Crippen LogP contribution in [0.3, 0.4) is 0 Å². The van der Waals surface area contributed by atoms with Crippen molar-refractivity contribution in [3.63, 3.8) is 0 Å². The van der Waals surface area contributed by atoms with Crippen LogP contribution in [-0.2, 0) is 0 Å². The fourth-order valence-electron chi connectivity index (χ4n) is 2.91. The van der Waals surface area contributed by atoms with E-state index in [1.807, 2.05) is 0 Å². The fraction of sp³-hybridized carbons (Fsp3) is 0.700. The van der Waals surface area contributed by atoms with Gasteiger partial charge in [0.25, 0.3) is 0 Å². The van der Waals surface area contributed by atoms with E-state index in [2.05, 4.69) is 52.0 Å². The highest BCUT2D eigenvalue weighted by Gasteiger charge is 2.11. The van der Waals surface area contributed by atoms with Gasteiger partial charge in [0.1, 0.15) is 0 Å². The maximum atomic E-state index is 2.39. The van der Waals surface area contributed by atoms with Gasteiger partial charge in [-0.05, 0) is 35.8 Å². The quantitative estimate of drug-likeness (QED) is 0.401. The zero-order valence-electron chi connectivity index (χ0n) is 14.1. The fourth-order valence-corrected chi connectivity index (χ4v) is 2.91. The minimum absolute atomic E-state index is 0.641. The molecule has 0 heterocycles. The lowest BCUT2D eigenvalue weighted by atomic mass is 9.87. The van der Waals surface area contributed by atoms with Gasteiger partial charge in [-0.15, -0.1) is 0 Å². The van der Waals surface area contributed by atoms with Crippen molar-refractivity contribution < 1.29 is 0 Å². The molecule has 0 saturated heterocycles. The second kappa shape index (κ2) is 10.0. The van der Waals surface area contributed by atoms with Gasteiger partial charge >= 0.3 is 0 Å². The Kier molecular flexibility index (Phi) is 8.65. The highest BCUT2D eigenvalue weighted by atomic mass is 14.2. The van der Waals surface area contributed by atoms with Crippen molar-refractivity contribution >= 4 is 0 Å². The van der Waals surface area contributed by atoms with Crippen LogP contribution >= 0.6 is 0 Å². The van der Waals surface area contributed by atoms with Crippen molar-refractivity contribution in [2.24, 2.45) is 0 Å². The first-order chi connectivity index (χ1) is 9.69. The molecule has 1 rings (SSSR count). The largest absolute Gasteiger partial charge is 0.0654 e. The third kappa shape index (κ3) is 6.11. The lowest BCUT2D eigenvalue weighted by Crippen LogP contribution is -2.00. The molecule has 1 aromatic carbocycles. The van der Waals surface area contributed by atoms with Crippen LogP contribution < -0.4 is 0 Å². The van der Waals surface area contributed by atoms with Crippen LogP contribution in [0.15, 0.2) is 24.3 Å². The smallest absolute Gasteiger partial charge is 0.0162 e. The summed E-state index contributed by atoms with van der Waals surface area (Å²) in [4.78, 5) is 0. The SMILES string of the molecule is CCCCCC(CCCCC)c1ccc(C(C)C)cc1. The molecule has 0 atom stereocenters. The summed E-state index contributed by atoms with van der Waals surface area (Å²) in [6.45, 7) is 9.14. The first-order valence-electron chi connectivity index (χ1n) is 8.78. The van der Waals surface area contributed by atoms with E-state index in [0.717, 1.165) is 5.92 Å². The van der Waals surface area contributed by atoms with Crippen LogP contribution in [0.25, 0.3) is 0 Å². The molecule has 0 spiro atoms. The van der Waals surface area contributed by atoms with Gasteiger partial charge in [-0.2, -0.15) is 0 Å². The van der Waals surface area contributed by atoms with Crippen molar-refractivity contribution in [2.75, 3.05) is 0 Å². The molecule has 0 N–H and O–H groups in total. The van der Waals surface area contributed by atoms with Crippen molar-refractivity contribution in [3.8, 4) is 0 Å². The Labute approximate surface area is 127 Å². The summed E-state index contributed by atoms with van der Waals surface area (Å²) in [6, 6.07) is 9.45. The minimum atomic E-state index is 0.641. The predicted molar refractivity (Wildman–Crippen MR) is 91.6 cm³/mol. The second-order valence-corrected chi connectivity index (χ2v) is 6.51. The highest BCUT2D eigenvalue weighted by Crippen LogP contribution is 2.29. The summed E-state index contributed by atoms with van der Waals surface area (Å²) in [5.41, 5.74) is 3.04. The number of hydrogen-bond donors (Lipinski definition) is 0. The zero-order valence-corrected chi connectivity index (χ0v) is 14.1. The van der Waals surface area contributed by atoms with E-state index in [0.29, 0.717) is 5.92 Å². The Morgan fingerprint density at radius 3 is 1.55 bits per heavy atom. The van der Waals surface area contributed by atoms with Crippen LogP contribution in [-0.4, -0.2) is 0 Å². The van der Waals surface area contributed by atoms with Gasteiger partial charge in [0.15, 0.2) is 0 Å². The van der Waals surface area contributed by atoms with Crippen LogP contribution in [0.5, 0.6) is 0 Å². The maximum Gasteiger partial charge on any atom is -0.0162 e. The zero-order chi connectivity index (χ0) is 14.8. The molecule has 0 nitrogen and oxygen atoms in total. The lowest BCUT2D eigenvalue weighted by molar-refractivity contribution is 0.506. The van der Waals surface area contributed by atoms with Crippen LogP contribution in [0.4, 0.5) is 0 Å². The van der Waals surface area contributed by atoms with Crippen LogP contribution in [0.1, 0.15) is 102 Å². The molecule has 0 aliphatic carbocycles. The molecule has 1 aromatic rings. The Morgan fingerprint density at radius 1 is 0.700 bits per heavy atom. The molecule has 0 aliphatic rings. The Hall–Kier alpha value is -0.780. The summed E-state index contributed by atoms with van der Waals surface area (Å²) >= 11 is 0. The van der Waals surface area contributed by atoms with Crippen LogP contribution in [0, 0.1) is 0 Å². The standard InChI is InChI=1S/C20H34/c1-5-7-9-11-19(12-10-8-6-2)20-15-13-18(14-16-20)17(3)4/h13-17,19H,5-12H2,1-4H3. The number of benzene rings is 1. The normalized spacial score (nSPS) is 11.5. The molecule has 0 radical (unpaired) electrons. The number of hydrogen-bond acceptors (Lipinski definition) is 0. The monoisotopic (exact) mass is 274 g/mol. The third-order valence-corrected chi connectivity index (χ3v) is 4.39. The maximum absolute atomic E-state index is 2.39. The molecule has 0 fully saturated rings. The third-order valence-electron chi connectivity index (χ3n) is 4.39. The second-order valence-electron chi connectivity index (χ2n) is 6.51. The molecule has 114 valence electrons. The summed E-state index contributed by atoms with van der Waals surface area (Å²) in [5, 5.41) is 0. The van der Waals surface area contributed by atoms with Crippen LogP contribution in [0.2, 0.25) is 0 Å². The summed E-state index contributed by atoms with van der Waals surface area (Å²) in [6.07, 6.45) is 10.9. The topological polar surface area (TPSA) is 0 Å². The predicted octanol–water partition coefficient (Wildman–Crippen LogP) is 7.05. The van der Waals surface area contributed by atoms with E-state index >= 15 is 0 Å². The van der Waals surface area contributed by atoms with E-state index in [4.69, 9.17) is 0 Å². The van der Waals surface area contributed by atoms with Gasteiger partial charge in [0.05, 0.1) is 0 Å². The molecule has 0 heteroatoms. The van der Waals surface area contributed by atoms with Gasteiger partial charge in [-0.25, -0.2) is 0 Å².